The van der Waals surface area contributed by atoms with Crippen molar-refractivity contribution >= 4 is 0 Å². The van der Waals surface area contributed by atoms with E-state index < -0.39 is 0 Å². The maximum Gasteiger partial charge on any atom is -0.0317 e. The molecule has 11 heavy (non-hydrogen) atoms. The van der Waals surface area contributed by atoms with E-state index in [4.69, 9.17) is 0 Å². The molecule has 0 spiro atoms. The summed E-state index contributed by atoms with van der Waals surface area (Å²) >= 11 is 0. The topological polar surface area (TPSA) is 0 Å². The Morgan fingerprint density at radius 2 is 1.36 bits per heavy atom. The predicted molar refractivity (Wildman–Crippen MR) is 46.2 cm³/mol. The predicted octanol–water partition coefficient (Wildman–Crippen LogP) is 3.00. The van der Waals surface area contributed by atoms with Gasteiger partial charge in [0.2, 0.25) is 0 Å². The summed E-state index contributed by atoms with van der Waals surface area (Å²) in [6.45, 7) is 0. The SMILES string of the molecule is C1=CC[C@@H]2[C@H]3CC[C@H](C3)[C@H]2C1. The van der Waals surface area contributed by atoms with Crippen LogP contribution in [0.4, 0.5) is 0 Å². The highest BCUT2D eigenvalue weighted by molar-refractivity contribution is 5.05. The van der Waals surface area contributed by atoms with Gasteiger partial charge in [-0.3, -0.25) is 0 Å². The minimum absolute atomic E-state index is 1.11. The number of hydrogen-bond donors (Lipinski definition) is 0. The standard InChI is InChI=1S/C11H16/c1-2-4-11-9-6-5-8(7-9)10(11)3-1/h1-2,8-11H,3-7H2/t8-,9+,10-,11-/m1/s1. The number of rotatable bonds is 0. The van der Waals surface area contributed by atoms with Crippen LogP contribution < -0.4 is 0 Å². The van der Waals surface area contributed by atoms with Crippen LogP contribution in [0, 0.1) is 23.7 Å². The van der Waals surface area contributed by atoms with Gasteiger partial charge in [-0.2, -0.15) is 0 Å². The van der Waals surface area contributed by atoms with Crippen LogP contribution in [0.2, 0.25) is 0 Å². The summed E-state index contributed by atoms with van der Waals surface area (Å²) in [5, 5.41) is 0. The summed E-state index contributed by atoms with van der Waals surface area (Å²) in [4.78, 5) is 0. The largest absolute Gasteiger partial charge is 0.0882 e. The molecule has 0 aromatic heterocycles. The van der Waals surface area contributed by atoms with Crippen molar-refractivity contribution in [2.24, 2.45) is 23.7 Å². The monoisotopic (exact) mass is 148 g/mol. The average molecular weight is 148 g/mol. The van der Waals surface area contributed by atoms with E-state index in [9.17, 15) is 0 Å². The zero-order chi connectivity index (χ0) is 7.26. The van der Waals surface area contributed by atoms with Crippen molar-refractivity contribution < 1.29 is 0 Å². The quantitative estimate of drug-likeness (QED) is 0.463. The van der Waals surface area contributed by atoms with Crippen LogP contribution in [0.1, 0.15) is 32.1 Å². The van der Waals surface area contributed by atoms with E-state index in [-0.39, 0.29) is 0 Å². The van der Waals surface area contributed by atoms with Crippen molar-refractivity contribution in [2.45, 2.75) is 32.1 Å². The first kappa shape index (κ1) is 6.28. The first-order chi connectivity index (χ1) is 5.45. The van der Waals surface area contributed by atoms with E-state index in [1.54, 1.807) is 19.3 Å². The molecule has 0 heterocycles. The molecule has 4 atom stereocenters. The van der Waals surface area contributed by atoms with Gasteiger partial charge >= 0.3 is 0 Å². The molecular weight excluding hydrogens is 132 g/mol. The molecule has 0 N–H and O–H groups in total. The van der Waals surface area contributed by atoms with Crippen LogP contribution in [-0.2, 0) is 0 Å². The summed E-state index contributed by atoms with van der Waals surface area (Å²) < 4.78 is 0. The summed E-state index contributed by atoms with van der Waals surface area (Å²) in [6.07, 6.45) is 12.3. The molecule has 0 aromatic rings. The van der Waals surface area contributed by atoms with Gasteiger partial charge in [-0.25, -0.2) is 0 Å². The van der Waals surface area contributed by atoms with Gasteiger partial charge < -0.3 is 0 Å². The Hall–Kier alpha value is -0.260. The van der Waals surface area contributed by atoms with Crippen LogP contribution in [0.25, 0.3) is 0 Å². The molecule has 3 aliphatic carbocycles. The zero-order valence-electron chi connectivity index (χ0n) is 7.00. The van der Waals surface area contributed by atoms with E-state index in [1.807, 2.05) is 0 Å². The Bertz CT molecular complexity index is 172. The van der Waals surface area contributed by atoms with Gasteiger partial charge in [0.15, 0.2) is 0 Å². The Balaban J connectivity index is 1.91. The van der Waals surface area contributed by atoms with Crippen molar-refractivity contribution in [1.82, 2.24) is 0 Å². The molecule has 60 valence electrons. The lowest BCUT2D eigenvalue weighted by atomic mass is 9.73. The van der Waals surface area contributed by atoms with Crippen LogP contribution in [0.15, 0.2) is 12.2 Å². The molecule has 2 fully saturated rings. The molecule has 0 amide bonds. The maximum atomic E-state index is 2.42. The minimum atomic E-state index is 1.11. The highest BCUT2D eigenvalue weighted by atomic mass is 14.5. The van der Waals surface area contributed by atoms with Crippen molar-refractivity contribution in [2.75, 3.05) is 0 Å². The molecule has 0 unspecified atom stereocenters. The van der Waals surface area contributed by atoms with Crippen molar-refractivity contribution in [1.29, 1.82) is 0 Å². The van der Waals surface area contributed by atoms with Gasteiger partial charge in [-0.1, -0.05) is 12.2 Å². The van der Waals surface area contributed by atoms with E-state index in [0.717, 1.165) is 23.7 Å². The molecule has 3 aliphatic rings. The Morgan fingerprint density at radius 1 is 0.818 bits per heavy atom. The average Bonchev–Trinajstić information content (AvgIpc) is 2.64. The first-order valence-electron chi connectivity index (χ1n) is 5.10. The van der Waals surface area contributed by atoms with Crippen molar-refractivity contribution in [3.8, 4) is 0 Å². The third kappa shape index (κ3) is 0.758. The van der Waals surface area contributed by atoms with Crippen LogP contribution >= 0.6 is 0 Å². The molecule has 0 heteroatoms. The van der Waals surface area contributed by atoms with Crippen molar-refractivity contribution in [3.05, 3.63) is 12.2 Å². The number of allylic oxidation sites excluding steroid dienone is 2. The van der Waals surface area contributed by atoms with Gasteiger partial charge in [0.25, 0.3) is 0 Å². The summed E-state index contributed by atoms with van der Waals surface area (Å²) in [6, 6.07) is 0. The molecule has 0 radical (unpaired) electrons. The Kier molecular flexibility index (Phi) is 1.21. The molecule has 0 saturated heterocycles. The van der Waals surface area contributed by atoms with E-state index in [2.05, 4.69) is 12.2 Å². The van der Waals surface area contributed by atoms with Gasteiger partial charge in [-0.05, 0) is 55.8 Å². The Labute approximate surface area is 68.7 Å². The second kappa shape index (κ2) is 2.12. The lowest BCUT2D eigenvalue weighted by Crippen LogP contribution is -2.23. The summed E-state index contributed by atoms with van der Waals surface area (Å²) in [7, 11) is 0. The zero-order valence-corrected chi connectivity index (χ0v) is 7.00. The third-order valence-corrected chi connectivity index (χ3v) is 4.26. The Morgan fingerprint density at radius 3 is 1.91 bits per heavy atom. The highest BCUT2D eigenvalue weighted by Crippen LogP contribution is 2.55. The molecule has 0 aliphatic heterocycles. The minimum Gasteiger partial charge on any atom is -0.0882 e. The fourth-order valence-corrected chi connectivity index (χ4v) is 3.77. The maximum absolute atomic E-state index is 2.42. The summed E-state index contributed by atoms with van der Waals surface area (Å²) in [5.41, 5.74) is 0. The third-order valence-electron chi connectivity index (χ3n) is 4.26. The van der Waals surface area contributed by atoms with Crippen molar-refractivity contribution in [3.63, 3.8) is 0 Å². The molecule has 2 bridgehead atoms. The second-order valence-corrected chi connectivity index (χ2v) is 4.60. The number of hydrogen-bond acceptors (Lipinski definition) is 0. The highest BCUT2D eigenvalue weighted by Gasteiger charge is 2.46. The van der Waals surface area contributed by atoms with Gasteiger partial charge in [0, 0.05) is 0 Å². The molecular formula is C11H16. The van der Waals surface area contributed by atoms with Crippen LogP contribution in [0.3, 0.4) is 0 Å². The fraction of sp³-hybridized carbons (Fsp3) is 0.818. The fourth-order valence-electron chi connectivity index (χ4n) is 3.77. The molecule has 0 nitrogen and oxygen atoms in total. The van der Waals surface area contributed by atoms with E-state index in [1.165, 1.54) is 12.8 Å². The number of fused-ring (bicyclic) bond motifs is 5. The first-order valence-corrected chi connectivity index (χ1v) is 5.10. The van der Waals surface area contributed by atoms with Gasteiger partial charge in [0.05, 0.1) is 0 Å². The summed E-state index contributed by atoms with van der Waals surface area (Å²) in [5.74, 6) is 4.49. The van der Waals surface area contributed by atoms with Gasteiger partial charge in [-0.15, -0.1) is 0 Å². The van der Waals surface area contributed by atoms with Gasteiger partial charge in [0.1, 0.15) is 0 Å². The molecule has 0 aromatic carbocycles. The molecule has 3 rings (SSSR count). The van der Waals surface area contributed by atoms with Crippen LogP contribution in [-0.4, -0.2) is 0 Å². The lowest BCUT2D eigenvalue weighted by Gasteiger charge is -2.32. The van der Waals surface area contributed by atoms with Crippen LogP contribution in [0.5, 0.6) is 0 Å². The second-order valence-electron chi connectivity index (χ2n) is 4.60. The molecule has 2 saturated carbocycles. The lowest BCUT2D eigenvalue weighted by molar-refractivity contribution is 0.216. The van der Waals surface area contributed by atoms with E-state index >= 15 is 0 Å². The normalized spacial score (nSPS) is 53.1. The van der Waals surface area contributed by atoms with E-state index in [0.29, 0.717) is 0 Å². The smallest absolute Gasteiger partial charge is 0.0317 e.